The minimum atomic E-state index is -0.549. The number of carbonyl (C=O) groups is 1. The van der Waals surface area contributed by atoms with Gasteiger partial charge < -0.3 is 0 Å². The quantitative estimate of drug-likeness (QED) is 0.425. The third kappa shape index (κ3) is 7.51. The molecule has 7 heavy (non-hydrogen) atoms. The number of hydrogen-bond donors (Lipinski definition) is 0. The van der Waals surface area contributed by atoms with Crippen LogP contribution in [0.5, 0.6) is 0 Å². The smallest absolute Gasteiger partial charge is 0.239 e. The van der Waals surface area contributed by atoms with Gasteiger partial charge in [0.05, 0.1) is 0 Å². The molecule has 0 fully saturated rings. The van der Waals surface area contributed by atoms with Crippen molar-refractivity contribution in [1.82, 2.24) is 0 Å². The second-order valence-electron chi connectivity index (χ2n) is 0.920. The van der Waals surface area contributed by atoms with Crippen molar-refractivity contribution in [3.63, 3.8) is 0 Å². The van der Waals surface area contributed by atoms with E-state index in [9.17, 15) is 4.79 Å². The molecular weight excluding hydrogens is 163 g/mol. The van der Waals surface area contributed by atoms with E-state index in [0.717, 1.165) is 0 Å². The maximum absolute atomic E-state index is 9.78. The van der Waals surface area contributed by atoms with Crippen molar-refractivity contribution in [1.29, 1.82) is 0 Å². The van der Waals surface area contributed by atoms with Gasteiger partial charge in [0.15, 0.2) is 0 Å². The molecule has 0 aliphatic heterocycles. The minimum Gasteiger partial charge on any atom is -0.280 e. The van der Waals surface area contributed by atoms with Crippen LogP contribution >= 0.6 is 23.2 Å². The Balaban J connectivity index is 0. The van der Waals surface area contributed by atoms with E-state index >= 15 is 0 Å². The van der Waals surface area contributed by atoms with E-state index in [-0.39, 0.29) is 37.7 Å². The van der Waals surface area contributed by atoms with Crippen LogP contribution in [0.25, 0.3) is 0 Å². The molecule has 4 heteroatoms. The van der Waals surface area contributed by atoms with Crippen LogP contribution in [0, 0.1) is 37.7 Å². The van der Waals surface area contributed by atoms with E-state index < -0.39 is 10.6 Å². The molecule has 0 spiro atoms. The van der Waals surface area contributed by atoms with Gasteiger partial charge in [-0.05, 0) is 18.5 Å². The van der Waals surface area contributed by atoms with Crippen LogP contribution in [0.1, 0.15) is 6.92 Å². The third-order valence-electron chi connectivity index (χ3n) is 0.313. The second-order valence-corrected chi connectivity index (χ2v) is 1.95. The maximum atomic E-state index is 9.78. The molecule has 0 aliphatic rings. The Morgan fingerprint density at radius 1 is 1.71 bits per heavy atom. The fraction of sp³-hybridized carbons (Fsp3) is 0.667. The van der Waals surface area contributed by atoms with E-state index in [1.54, 1.807) is 0 Å². The van der Waals surface area contributed by atoms with Gasteiger partial charge in [0, 0.05) is 37.7 Å². The number of hydrogen-bond acceptors (Lipinski definition) is 1. The molecule has 0 amide bonds. The topological polar surface area (TPSA) is 17.1 Å². The van der Waals surface area contributed by atoms with Gasteiger partial charge in [-0.1, -0.05) is 0 Å². The van der Waals surface area contributed by atoms with Crippen molar-refractivity contribution in [3.05, 3.63) is 0 Å². The molecule has 1 atom stereocenters. The van der Waals surface area contributed by atoms with E-state index in [0.29, 0.717) is 0 Å². The van der Waals surface area contributed by atoms with Crippen LogP contribution in [-0.4, -0.2) is 10.6 Å². The summed E-state index contributed by atoms with van der Waals surface area (Å²) in [5.41, 5.74) is 0. The minimum absolute atomic E-state index is 0. The first kappa shape index (κ1) is 11.3. The molecule has 0 N–H and O–H groups in total. The normalized spacial score (nSPS) is 11.9. The summed E-state index contributed by atoms with van der Waals surface area (Å²) in [6.45, 7) is 1.52. The summed E-state index contributed by atoms with van der Waals surface area (Å²) in [6.07, 6.45) is 0. The van der Waals surface area contributed by atoms with Gasteiger partial charge >= 0.3 is 0 Å². The van der Waals surface area contributed by atoms with Crippen molar-refractivity contribution < 1.29 is 42.5 Å². The molecule has 0 saturated carbocycles. The van der Waals surface area contributed by atoms with Gasteiger partial charge in [0.1, 0.15) is 5.38 Å². The number of alkyl halides is 1. The summed E-state index contributed by atoms with van der Waals surface area (Å²) in [7, 11) is 0. The Morgan fingerprint density at radius 3 is 1.86 bits per heavy atom. The van der Waals surface area contributed by atoms with Crippen LogP contribution in [-0.2, 0) is 4.79 Å². The average molecular weight is 167 g/mol. The number of rotatable bonds is 1. The van der Waals surface area contributed by atoms with Crippen molar-refractivity contribution in [2.45, 2.75) is 12.3 Å². The van der Waals surface area contributed by atoms with Gasteiger partial charge in [-0.15, -0.1) is 11.6 Å². The largest absolute Gasteiger partial charge is 0.280 e. The van der Waals surface area contributed by atoms with E-state index in [2.05, 4.69) is 0 Å². The van der Waals surface area contributed by atoms with Gasteiger partial charge in [0.2, 0.25) is 5.24 Å². The van der Waals surface area contributed by atoms with Gasteiger partial charge in [-0.2, -0.15) is 0 Å². The molecule has 1 nitrogen and oxygen atoms in total. The molecule has 0 aliphatic carbocycles. The molecule has 0 heterocycles. The van der Waals surface area contributed by atoms with Gasteiger partial charge in [-0.3, -0.25) is 4.79 Å². The standard InChI is InChI=1S/C3H4Cl2O.Ar/c1-2(4)3(5)6;/h2H,1H3;. The second kappa shape index (κ2) is 5.64. The summed E-state index contributed by atoms with van der Waals surface area (Å²) in [4.78, 5) is 9.78. The molecule has 0 saturated heterocycles. The van der Waals surface area contributed by atoms with Crippen LogP contribution in [0.3, 0.4) is 0 Å². The van der Waals surface area contributed by atoms with Crippen molar-refractivity contribution in [2.75, 3.05) is 0 Å². The molecule has 0 aromatic heterocycles. The van der Waals surface area contributed by atoms with Crippen molar-refractivity contribution in [2.24, 2.45) is 0 Å². The Morgan fingerprint density at radius 2 is 1.86 bits per heavy atom. The summed E-state index contributed by atoms with van der Waals surface area (Å²) in [6, 6.07) is 0. The Labute approximate surface area is 82.4 Å². The first-order chi connectivity index (χ1) is 2.64. The van der Waals surface area contributed by atoms with Crippen molar-refractivity contribution in [3.8, 4) is 0 Å². The predicted octanol–water partition coefficient (Wildman–Crippen LogP) is 1.38. The molecule has 0 radical (unpaired) electrons. The molecule has 1 unspecified atom stereocenters. The predicted molar refractivity (Wildman–Crippen MR) is 26.2 cm³/mol. The summed E-state index contributed by atoms with van der Waals surface area (Å²) in [5, 5.41) is -1.05. The SMILES string of the molecule is CC(Cl)C(=O)Cl.[Ar]. The first-order valence-corrected chi connectivity index (χ1v) is 2.29. The summed E-state index contributed by atoms with van der Waals surface area (Å²) < 4.78 is 0. The fourth-order valence-corrected chi connectivity index (χ4v) is 0. The average Bonchev–Trinajstić information content (AvgIpc) is 1.36. The zero-order chi connectivity index (χ0) is 5.15. The van der Waals surface area contributed by atoms with E-state index in [4.69, 9.17) is 23.2 Å². The summed E-state index contributed by atoms with van der Waals surface area (Å²) in [5.74, 6) is 0. The Kier molecular flexibility index (Phi) is 9.13. The maximum Gasteiger partial charge on any atom is 0.239 e. The zero-order valence-corrected chi connectivity index (χ0v) is 5.81. The molecule has 44 valence electrons. The van der Waals surface area contributed by atoms with Crippen molar-refractivity contribution >= 4 is 28.4 Å². The van der Waals surface area contributed by atoms with Gasteiger partial charge in [-0.25, -0.2) is 0 Å². The zero-order valence-electron chi connectivity index (χ0n) is 3.60. The van der Waals surface area contributed by atoms with Crippen LogP contribution in [0.2, 0.25) is 0 Å². The molecule has 0 aromatic rings. The third-order valence-corrected chi connectivity index (χ3v) is 0.950. The summed E-state index contributed by atoms with van der Waals surface area (Å²) >= 11 is 9.97. The molecule has 0 rings (SSSR count). The molecule has 0 bridgehead atoms. The molecule has 0 aromatic carbocycles. The van der Waals surface area contributed by atoms with Gasteiger partial charge in [0.25, 0.3) is 0 Å². The monoisotopic (exact) mass is 166 g/mol. The van der Waals surface area contributed by atoms with Crippen LogP contribution < -0.4 is 0 Å². The van der Waals surface area contributed by atoms with Crippen LogP contribution in [0.15, 0.2) is 0 Å². The Bertz CT molecular complexity index is 64.0. The van der Waals surface area contributed by atoms with Crippen LogP contribution in [0.4, 0.5) is 0 Å². The number of carbonyl (C=O) groups excluding carboxylic acids is 1. The van der Waals surface area contributed by atoms with E-state index in [1.807, 2.05) is 0 Å². The fourth-order valence-electron chi connectivity index (χ4n) is 0. The van der Waals surface area contributed by atoms with E-state index in [1.165, 1.54) is 6.92 Å². The number of halogens is 2. The Hall–Kier alpha value is 1.51. The molecular formula is C3H4ArCl2O. The first-order valence-electron chi connectivity index (χ1n) is 1.48.